The fourth-order valence-electron chi connectivity index (χ4n) is 3.96. The fourth-order valence-corrected chi connectivity index (χ4v) is 5.02. The van der Waals surface area contributed by atoms with Crippen molar-refractivity contribution < 1.29 is 37.0 Å². The lowest BCUT2D eigenvalue weighted by molar-refractivity contribution is -0.126. The molecule has 1 fully saturated rings. The molecule has 0 saturated carbocycles. The minimum absolute atomic E-state index is 0.0547. The van der Waals surface area contributed by atoms with Crippen molar-refractivity contribution in [3.8, 4) is 5.75 Å². The monoisotopic (exact) mass is 537 g/mol. The number of halogens is 3. The Morgan fingerprint density at radius 3 is 2.46 bits per heavy atom. The number of morpholine rings is 1. The number of amides is 2. The molecule has 3 aromatic rings. The van der Waals surface area contributed by atoms with E-state index in [1.807, 2.05) is 24.3 Å². The Morgan fingerprint density at radius 2 is 1.76 bits per heavy atom. The number of nitrogens with one attached hydrogen (secondary N) is 2. The minimum atomic E-state index is -4.46. The van der Waals surface area contributed by atoms with E-state index < -0.39 is 24.6 Å². The summed E-state index contributed by atoms with van der Waals surface area (Å²) in [6, 6.07) is 11.2. The van der Waals surface area contributed by atoms with E-state index in [1.54, 1.807) is 12.1 Å². The summed E-state index contributed by atoms with van der Waals surface area (Å²) >= 11 is 0.626. The van der Waals surface area contributed by atoms with Gasteiger partial charge in [0, 0.05) is 35.3 Å². The van der Waals surface area contributed by atoms with E-state index in [4.69, 9.17) is 9.47 Å². The van der Waals surface area contributed by atoms with Gasteiger partial charge in [0.2, 0.25) is 0 Å². The van der Waals surface area contributed by atoms with Gasteiger partial charge in [0.05, 0.1) is 38.1 Å². The van der Waals surface area contributed by atoms with Crippen molar-refractivity contribution in [2.24, 2.45) is 0 Å². The number of fused-ring (bicyclic) bond motifs is 1. The lowest BCUT2D eigenvalue weighted by Crippen LogP contribution is -2.38. The van der Waals surface area contributed by atoms with Gasteiger partial charge < -0.3 is 24.8 Å². The maximum absolute atomic E-state index is 12.8. The van der Waals surface area contributed by atoms with Crippen LogP contribution in [-0.2, 0) is 15.9 Å². The molecule has 1 aliphatic heterocycles. The Hall–Kier alpha value is -3.35. The molecule has 2 amide bonds. The normalized spacial score (nSPS) is 14.4. The van der Waals surface area contributed by atoms with Crippen molar-refractivity contribution in [1.29, 1.82) is 0 Å². The number of thiophene rings is 1. The van der Waals surface area contributed by atoms with Crippen LogP contribution in [0.25, 0.3) is 10.8 Å². The number of esters is 1. The van der Waals surface area contributed by atoms with Gasteiger partial charge in [-0.15, -0.1) is 11.3 Å². The summed E-state index contributed by atoms with van der Waals surface area (Å²) < 4.78 is 54.6. The second-order valence-electron chi connectivity index (χ2n) is 8.28. The highest BCUT2D eigenvalue weighted by atomic mass is 32.1. The number of alkyl halides is 3. The van der Waals surface area contributed by atoms with Crippen LogP contribution in [0.5, 0.6) is 5.75 Å². The average molecular weight is 538 g/mol. The third kappa shape index (κ3) is 7.12. The number of benzene rings is 2. The van der Waals surface area contributed by atoms with Crippen LogP contribution in [0.15, 0.2) is 42.5 Å². The summed E-state index contributed by atoms with van der Waals surface area (Å²) in [5, 5.41) is 6.70. The molecule has 1 aliphatic rings. The number of carbonyl (C=O) groups is 2. The third-order valence-electron chi connectivity index (χ3n) is 5.68. The van der Waals surface area contributed by atoms with Gasteiger partial charge in [0.15, 0.2) is 0 Å². The summed E-state index contributed by atoms with van der Waals surface area (Å²) in [7, 11) is 1.12. The Labute approximate surface area is 215 Å². The van der Waals surface area contributed by atoms with E-state index in [0.29, 0.717) is 42.6 Å². The molecule has 8 nitrogen and oxygen atoms in total. The van der Waals surface area contributed by atoms with Crippen LogP contribution in [-0.4, -0.2) is 69.6 Å². The summed E-state index contributed by atoms with van der Waals surface area (Å²) in [4.78, 5) is 26.9. The number of nitrogens with zero attached hydrogens (tertiary/aromatic N) is 1. The van der Waals surface area contributed by atoms with Crippen molar-refractivity contribution >= 4 is 45.5 Å². The molecule has 2 aromatic carbocycles. The molecular weight excluding hydrogens is 511 g/mol. The number of hydrogen-bond donors (Lipinski definition) is 2. The molecule has 0 radical (unpaired) electrons. The molecule has 2 N–H and O–H groups in total. The summed E-state index contributed by atoms with van der Waals surface area (Å²) in [6.07, 6.45) is -5.68. The zero-order chi connectivity index (χ0) is 26.4. The Morgan fingerprint density at radius 1 is 1.05 bits per heavy atom. The number of carbonyl (C=O) groups excluding carboxylic acids is 2. The Bertz CT molecular complexity index is 1260. The lowest BCUT2D eigenvalue weighted by atomic mass is 10.1. The van der Waals surface area contributed by atoms with Gasteiger partial charge in [-0.2, -0.15) is 13.2 Å². The third-order valence-corrected chi connectivity index (χ3v) is 6.79. The van der Waals surface area contributed by atoms with Gasteiger partial charge in [-0.05, 0) is 18.2 Å². The molecule has 1 saturated heterocycles. The van der Waals surface area contributed by atoms with Crippen LogP contribution in [0.1, 0.15) is 14.5 Å². The highest BCUT2D eigenvalue weighted by Gasteiger charge is 2.30. The van der Waals surface area contributed by atoms with Gasteiger partial charge >= 0.3 is 18.2 Å². The molecule has 1 aromatic heterocycles. The van der Waals surface area contributed by atoms with Crippen LogP contribution in [0.4, 0.5) is 29.3 Å². The van der Waals surface area contributed by atoms with Gasteiger partial charge in [0.25, 0.3) is 0 Å². The van der Waals surface area contributed by atoms with Crippen LogP contribution in [0.3, 0.4) is 0 Å². The number of anilines is 2. The molecular formula is C25H26F3N3O5S. The largest absolute Gasteiger partial charge is 0.492 e. The highest BCUT2D eigenvalue weighted by molar-refractivity contribution is 7.14. The Kier molecular flexibility index (Phi) is 8.52. The topological polar surface area (TPSA) is 89.1 Å². The predicted molar refractivity (Wildman–Crippen MR) is 135 cm³/mol. The molecule has 0 atom stereocenters. The predicted octanol–water partition coefficient (Wildman–Crippen LogP) is 5.15. The molecule has 0 spiro atoms. The smallest absolute Gasteiger partial charge is 0.393 e. The first-order chi connectivity index (χ1) is 17.7. The molecule has 12 heteroatoms. The van der Waals surface area contributed by atoms with Crippen LogP contribution >= 0.6 is 11.3 Å². The first-order valence-electron chi connectivity index (χ1n) is 11.5. The van der Waals surface area contributed by atoms with E-state index in [1.165, 1.54) is 0 Å². The number of rotatable bonds is 8. The van der Waals surface area contributed by atoms with Gasteiger partial charge in [-0.1, -0.05) is 24.3 Å². The number of ether oxygens (including phenoxy) is 3. The molecule has 0 bridgehead atoms. The van der Waals surface area contributed by atoms with Gasteiger partial charge in [-0.3, -0.25) is 4.90 Å². The molecule has 0 aliphatic carbocycles. The SMILES string of the molecule is COC(=O)c1sc(CC(F)(F)F)cc1NC(=O)Nc1ccc(OCCN2CCOCC2)c2ccccc12. The van der Waals surface area contributed by atoms with Gasteiger partial charge in [-0.25, -0.2) is 9.59 Å². The molecule has 2 heterocycles. The zero-order valence-electron chi connectivity index (χ0n) is 20.0. The first kappa shape index (κ1) is 26.7. The quantitative estimate of drug-likeness (QED) is 0.387. The maximum Gasteiger partial charge on any atom is 0.393 e. The standard InChI is InChI=1S/C25H26F3N3O5S/c1-34-23(32)22-20(14-16(37-22)15-25(26,27)28)30-24(33)29-19-6-7-21(18-5-3-2-4-17(18)19)36-13-10-31-8-11-35-12-9-31/h2-7,14H,8-13,15H2,1H3,(H2,29,30,33). The van der Waals surface area contributed by atoms with E-state index in [9.17, 15) is 22.8 Å². The average Bonchev–Trinajstić information content (AvgIpc) is 3.25. The number of methoxy groups -OCH3 is 1. The summed E-state index contributed by atoms with van der Waals surface area (Å²) in [5.41, 5.74) is 0.417. The summed E-state index contributed by atoms with van der Waals surface area (Å²) in [6.45, 7) is 4.40. The zero-order valence-corrected chi connectivity index (χ0v) is 20.8. The van der Waals surface area contributed by atoms with E-state index in [0.717, 1.165) is 43.6 Å². The molecule has 198 valence electrons. The number of hydrogen-bond acceptors (Lipinski definition) is 7. The van der Waals surface area contributed by atoms with E-state index >= 15 is 0 Å². The lowest BCUT2D eigenvalue weighted by Gasteiger charge is -2.26. The van der Waals surface area contributed by atoms with Crippen molar-refractivity contribution in [3.05, 3.63) is 52.2 Å². The number of urea groups is 1. The second-order valence-corrected chi connectivity index (χ2v) is 9.41. The van der Waals surface area contributed by atoms with E-state index in [-0.39, 0.29) is 15.4 Å². The van der Waals surface area contributed by atoms with Crippen LogP contribution < -0.4 is 15.4 Å². The molecule has 37 heavy (non-hydrogen) atoms. The fraction of sp³-hybridized carbons (Fsp3) is 0.360. The second kappa shape index (κ2) is 11.8. The molecule has 4 rings (SSSR count). The highest BCUT2D eigenvalue weighted by Crippen LogP contribution is 2.34. The molecule has 0 unspecified atom stereocenters. The van der Waals surface area contributed by atoms with Crippen molar-refractivity contribution in [2.75, 3.05) is 57.2 Å². The summed E-state index contributed by atoms with van der Waals surface area (Å²) in [5.74, 6) is -0.171. The van der Waals surface area contributed by atoms with Crippen LogP contribution in [0.2, 0.25) is 0 Å². The van der Waals surface area contributed by atoms with Gasteiger partial charge in [0.1, 0.15) is 17.2 Å². The van der Waals surface area contributed by atoms with E-state index in [2.05, 4.69) is 20.3 Å². The Balaban J connectivity index is 1.47. The van der Waals surface area contributed by atoms with Crippen molar-refractivity contribution in [3.63, 3.8) is 0 Å². The maximum atomic E-state index is 12.8. The van der Waals surface area contributed by atoms with Crippen molar-refractivity contribution in [1.82, 2.24) is 4.90 Å². The minimum Gasteiger partial charge on any atom is -0.492 e. The van der Waals surface area contributed by atoms with Crippen molar-refractivity contribution in [2.45, 2.75) is 12.6 Å². The first-order valence-corrected chi connectivity index (χ1v) is 12.4. The van der Waals surface area contributed by atoms with Crippen LogP contribution in [0, 0.1) is 0 Å².